The first kappa shape index (κ1) is 14.2. The Morgan fingerprint density at radius 2 is 1.95 bits per heavy atom. The Morgan fingerprint density at radius 3 is 2.68 bits per heavy atom. The molecule has 19 heavy (non-hydrogen) atoms. The predicted octanol–water partition coefficient (Wildman–Crippen LogP) is 4.84. The largest absolute Gasteiger partial charge is 0.504 e. The van der Waals surface area contributed by atoms with Crippen LogP contribution in [0.25, 0.3) is 0 Å². The second-order valence-corrected chi connectivity index (χ2v) is 5.60. The minimum Gasteiger partial charge on any atom is -0.504 e. The average Bonchev–Trinajstić information content (AvgIpc) is 2.44. The van der Waals surface area contributed by atoms with Crippen LogP contribution < -0.4 is 4.74 Å². The lowest BCUT2D eigenvalue weighted by atomic mass is 9.97. The molecule has 0 aromatic heterocycles. The van der Waals surface area contributed by atoms with Gasteiger partial charge in [0.25, 0.3) is 0 Å². The number of benzene rings is 1. The van der Waals surface area contributed by atoms with Crippen molar-refractivity contribution in [2.45, 2.75) is 70.8 Å². The first-order valence-electron chi connectivity index (χ1n) is 7.78. The molecule has 1 aliphatic rings. The fourth-order valence-corrected chi connectivity index (χ4v) is 2.82. The van der Waals surface area contributed by atoms with Crippen LogP contribution in [0.5, 0.6) is 11.5 Å². The van der Waals surface area contributed by atoms with Gasteiger partial charge in [0.05, 0.1) is 6.10 Å². The number of rotatable bonds is 6. The number of hydrogen-bond donors (Lipinski definition) is 1. The first-order valence-corrected chi connectivity index (χ1v) is 7.78. The number of hydrogen-bond acceptors (Lipinski definition) is 2. The molecule has 106 valence electrons. The quantitative estimate of drug-likeness (QED) is 0.744. The second-order valence-electron chi connectivity index (χ2n) is 5.60. The molecule has 1 aliphatic carbocycles. The van der Waals surface area contributed by atoms with Gasteiger partial charge in [-0.25, -0.2) is 0 Å². The van der Waals surface area contributed by atoms with E-state index in [0.717, 1.165) is 25.0 Å². The van der Waals surface area contributed by atoms with Crippen LogP contribution in [0.4, 0.5) is 0 Å². The minimum absolute atomic E-state index is 0.298. The molecule has 0 heterocycles. The van der Waals surface area contributed by atoms with E-state index in [1.165, 1.54) is 44.1 Å². The molecule has 2 nitrogen and oxygen atoms in total. The molecule has 0 radical (unpaired) electrons. The molecule has 0 spiro atoms. The van der Waals surface area contributed by atoms with Crippen molar-refractivity contribution in [3.05, 3.63) is 23.8 Å². The summed E-state index contributed by atoms with van der Waals surface area (Å²) in [6.45, 7) is 2.21. The van der Waals surface area contributed by atoms with Gasteiger partial charge in [0.15, 0.2) is 11.5 Å². The number of unbranched alkanes of at least 4 members (excludes halogenated alkanes) is 2. The molecular formula is C17H26O2. The highest BCUT2D eigenvalue weighted by molar-refractivity contribution is 5.45. The van der Waals surface area contributed by atoms with Crippen molar-refractivity contribution in [1.29, 1.82) is 0 Å². The molecule has 2 rings (SSSR count). The molecule has 1 aromatic carbocycles. The van der Waals surface area contributed by atoms with Gasteiger partial charge in [-0.05, 0) is 50.2 Å². The van der Waals surface area contributed by atoms with E-state index >= 15 is 0 Å². The molecule has 0 saturated heterocycles. The van der Waals surface area contributed by atoms with E-state index in [-0.39, 0.29) is 0 Å². The number of para-hydroxylation sites is 1. The Morgan fingerprint density at radius 1 is 1.16 bits per heavy atom. The van der Waals surface area contributed by atoms with Crippen molar-refractivity contribution < 1.29 is 9.84 Å². The van der Waals surface area contributed by atoms with E-state index in [9.17, 15) is 5.11 Å². The minimum atomic E-state index is 0.298. The van der Waals surface area contributed by atoms with E-state index in [0.29, 0.717) is 11.9 Å². The van der Waals surface area contributed by atoms with Crippen LogP contribution in [0.2, 0.25) is 0 Å². The third-order valence-electron chi connectivity index (χ3n) is 3.96. The third-order valence-corrected chi connectivity index (χ3v) is 3.96. The fraction of sp³-hybridized carbons (Fsp3) is 0.647. The molecule has 1 fully saturated rings. The smallest absolute Gasteiger partial charge is 0.164 e. The summed E-state index contributed by atoms with van der Waals surface area (Å²) in [4.78, 5) is 0. The normalized spacial score (nSPS) is 16.5. The summed E-state index contributed by atoms with van der Waals surface area (Å²) in [5.74, 6) is 1.05. The van der Waals surface area contributed by atoms with Crippen molar-refractivity contribution >= 4 is 0 Å². The third kappa shape index (κ3) is 4.15. The molecule has 2 heteroatoms. The van der Waals surface area contributed by atoms with Gasteiger partial charge in [0.2, 0.25) is 0 Å². The fourth-order valence-electron chi connectivity index (χ4n) is 2.82. The van der Waals surface area contributed by atoms with Crippen LogP contribution in [-0.2, 0) is 6.42 Å². The zero-order chi connectivity index (χ0) is 13.5. The number of aryl methyl sites for hydroxylation is 1. The van der Waals surface area contributed by atoms with E-state index in [4.69, 9.17) is 4.74 Å². The molecular weight excluding hydrogens is 236 g/mol. The number of phenols is 1. The molecule has 0 aliphatic heterocycles. The Bertz CT molecular complexity index is 381. The van der Waals surface area contributed by atoms with E-state index in [1.807, 2.05) is 6.07 Å². The maximum absolute atomic E-state index is 10.1. The summed E-state index contributed by atoms with van der Waals surface area (Å²) >= 11 is 0. The lowest BCUT2D eigenvalue weighted by Gasteiger charge is -2.24. The van der Waals surface area contributed by atoms with Crippen molar-refractivity contribution in [3.8, 4) is 11.5 Å². The van der Waals surface area contributed by atoms with Crippen LogP contribution in [-0.4, -0.2) is 11.2 Å². The van der Waals surface area contributed by atoms with Gasteiger partial charge in [-0.1, -0.05) is 38.3 Å². The molecule has 0 amide bonds. The Hall–Kier alpha value is -1.18. The Kier molecular flexibility index (Phi) is 5.56. The number of ether oxygens (including phenoxy) is 1. The zero-order valence-corrected chi connectivity index (χ0v) is 12.0. The lowest BCUT2D eigenvalue weighted by Crippen LogP contribution is -2.20. The summed E-state index contributed by atoms with van der Waals surface area (Å²) in [6, 6.07) is 5.75. The van der Waals surface area contributed by atoms with Crippen LogP contribution in [0.15, 0.2) is 18.2 Å². The van der Waals surface area contributed by atoms with Gasteiger partial charge in [-0.2, -0.15) is 0 Å². The molecule has 0 unspecified atom stereocenters. The highest BCUT2D eigenvalue weighted by Crippen LogP contribution is 2.34. The second kappa shape index (κ2) is 7.42. The van der Waals surface area contributed by atoms with Gasteiger partial charge in [-0.3, -0.25) is 0 Å². The SMILES string of the molecule is CCCCCc1cccc(O)c1OC1CCCCC1. The zero-order valence-electron chi connectivity index (χ0n) is 12.0. The summed E-state index contributed by atoms with van der Waals surface area (Å²) in [5, 5.41) is 10.1. The Balaban J connectivity index is 2.03. The van der Waals surface area contributed by atoms with Crippen molar-refractivity contribution in [2.24, 2.45) is 0 Å². The predicted molar refractivity (Wildman–Crippen MR) is 78.8 cm³/mol. The number of aromatic hydroxyl groups is 1. The van der Waals surface area contributed by atoms with Gasteiger partial charge >= 0.3 is 0 Å². The summed E-state index contributed by atoms with van der Waals surface area (Å²) in [6.07, 6.45) is 11.0. The van der Waals surface area contributed by atoms with Gasteiger partial charge in [0.1, 0.15) is 0 Å². The van der Waals surface area contributed by atoms with Gasteiger partial charge in [-0.15, -0.1) is 0 Å². The van der Waals surface area contributed by atoms with Crippen molar-refractivity contribution in [2.75, 3.05) is 0 Å². The van der Waals surface area contributed by atoms with Gasteiger partial charge < -0.3 is 9.84 Å². The summed E-state index contributed by atoms with van der Waals surface area (Å²) < 4.78 is 6.10. The topological polar surface area (TPSA) is 29.5 Å². The van der Waals surface area contributed by atoms with Crippen molar-refractivity contribution in [3.63, 3.8) is 0 Å². The maximum atomic E-state index is 10.1. The van der Waals surface area contributed by atoms with Crippen LogP contribution in [0, 0.1) is 0 Å². The lowest BCUT2D eigenvalue weighted by molar-refractivity contribution is 0.148. The molecule has 0 atom stereocenters. The van der Waals surface area contributed by atoms with Crippen LogP contribution >= 0.6 is 0 Å². The molecule has 1 aromatic rings. The van der Waals surface area contributed by atoms with E-state index in [1.54, 1.807) is 6.07 Å². The highest BCUT2D eigenvalue weighted by atomic mass is 16.5. The number of phenolic OH excluding ortho intramolecular Hbond substituents is 1. The van der Waals surface area contributed by atoms with E-state index < -0.39 is 0 Å². The average molecular weight is 262 g/mol. The first-order chi connectivity index (χ1) is 9.31. The Labute approximate surface area is 116 Å². The highest BCUT2D eigenvalue weighted by Gasteiger charge is 2.18. The van der Waals surface area contributed by atoms with Crippen LogP contribution in [0.3, 0.4) is 0 Å². The van der Waals surface area contributed by atoms with Crippen LogP contribution in [0.1, 0.15) is 63.9 Å². The standard InChI is InChI=1S/C17H26O2/c1-2-3-5-9-14-10-8-13-16(18)17(14)19-15-11-6-4-7-12-15/h8,10,13,15,18H,2-7,9,11-12H2,1H3. The maximum Gasteiger partial charge on any atom is 0.164 e. The van der Waals surface area contributed by atoms with E-state index in [2.05, 4.69) is 13.0 Å². The van der Waals surface area contributed by atoms with Gasteiger partial charge in [0, 0.05) is 0 Å². The summed E-state index contributed by atoms with van der Waals surface area (Å²) in [5.41, 5.74) is 1.17. The molecule has 1 saturated carbocycles. The monoisotopic (exact) mass is 262 g/mol. The van der Waals surface area contributed by atoms with Crippen molar-refractivity contribution in [1.82, 2.24) is 0 Å². The molecule has 1 N–H and O–H groups in total. The summed E-state index contributed by atoms with van der Waals surface area (Å²) in [7, 11) is 0. The molecule has 0 bridgehead atoms.